The van der Waals surface area contributed by atoms with Crippen molar-refractivity contribution in [3.05, 3.63) is 76.8 Å². The second-order valence-electron chi connectivity index (χ2n) is 7.08. The Morgan fingerprint density at radius 2 is 1.96 bits per heavy atom. The largest absolute Gasteiger partial charge is 0.347 e. The van der Waals surface area contributed by atoms with Crippen molar-refractivity contribution >= 4 is 17.2 Å². The molecular formula is C22H23N3OS. The second-order valence-corrected chi connectivity index (χ2v) is 7.94. The fourth-order valence-corrected chi connectivity index (χ4v) is 4.21. The molecule has 1 saturated heterocycles. The fourth-order valence-electron chi connectivity index (χ4n) is 3.40. The molecule has 0 radical (unpaired) electrons. The van der Waals surface area contributed by atoms with Crippen LogP contribution in [0, 0.1) is 6.92 Å². The Hall–Kier alpha value is -2.50. The summed E-state index contributed by atoms with van der Waals surface area (Å²) >= 11 is 1.51. The van der Waals surface area contributed by atoms with E-state index in [-0.39, 0.29) is 11.9 Å². The molecule has 1 atom stereocenters. The zero-order chi connectivity index (χ0) is 18.6. The molecule has 3 aromatic rings. The number of nitrogens with one attached hydrogen (secondary N) is 1. The van der Waals surface area contributed by atoms with Crippen LogP contribution in [0.2, 0.25) is 0 Å². The maximum absolute atomic E-state index is 12.6. The lowest BCUT2D eigenvalue weighted by Gasteiger charge is -2.16. The van der Waals surface area contributed by atoms with Crippen LogP contribution in [0.25, 0.3) is 10.6 Å². The van der Waals surface area contributed by atoms with Gasteiger partial charge in [-0.25, -0.2) is 4.98 Å². The number of benzene rings is 2. The van der Waals surface area contributed by atoms with Crippen LogP contribution in [0.1, 0.15) is 28.0 Å². The van der Waals surface area contributed by atoms with Gasteiger partial charge in [-0.3, -0.25) is 9.69 Å². The minimum atomic E-state index is -0.0730. The Kier molecular flexibility index (Phi) is 5.32. The van der Waals surface area contributed by atoms with Crippen LogP contribution in [0.3, 0.4) is 0 Å². The molecule has 0 saturated carbocycles. The number of amides is 1. The quantitative estimate of drug-likeness (QED) is 0.727. The van der Waals surface area contributed by atoms with Gasteiger partial charge in [0, 0.05) is 36.6 Å². The summed E-state index contributed by atoms with van der Waals surface area (Å²) in [5.41, 5.74) is 4.10. The Morgan fingerprint density at radius 1 is 1.19 bits per heavy atom. The van der Waals surface area contributed by atoms with Crippen molar-refractivity contribution in [2.75, 3.05) is 13.1 Å². The topological polar surface area (TPSA) is 45.2 Å². The molecule has 5 heteroatoms. The zero-order valence-corrected chi connectivity index (χ0v) is 16.2. The first kappa shape index (κ1) is 17.9. The summed E-state index contributed by atoms with van der Waals surface area (Å²) in [7, 11) is 0. The number of aryl methyl sites for hydroxylation is 1. The molecule has 1 aliphatic heterocycles. The van der Waals surface area contributed by atoms with Gasteiger partial charge >= 0.3 is 0 Å². The molecule has 4 rings (SSSR count). The lowest BCUT2D eigenvalue weighted by molar-refractivity contribution is 0.0933. The van der Waals surface area contributed by atoms with Crippen LogP contribution in [0.15, 0.2) is 60.0 Å². The molecule has 1 fully saturated rings. The van der Waals surface area contributed by atoms with Gasteiger partial charge in [-0.05, 0) is 18.9 Å². The summed E-state index contributed by atoms with van der Waals surface area (Å²) in [6, 6.07) is 18.9. The van der Waals surface area contributed by atoms with Crippen LogP contribution in [0.5, 0.6) is 0 Å². The first-order valence-electron chi connectivity index (χ1n) is 9.27. The van der Waals surface area contributed by atoms with Crippen molar-refractivity contribution in [1.82, 2.24) is 15.2 Å². The fraction of sp³-hybridized carbons (Fsp3) is 0.273. The Morgan fingerprint density at radius 3 is 2.74 bits per heavy atom. The van der Waals surface area contributed by atoms with Gasteiger partial charge in [-0.2, -0.15) is 0 Å². The zero-order valence-electron chi connectivity index (χ0n) is 15.4. The minimum Gasteiger partial charge on any atom is -0.347 e. The predicted molar refractivity (Wildman–Crippen MR) is 110 cm³/mol. The number of rotatable bonds is 5. The lowest BCUT2D eigenvalue weighted by Crippen LogP contribution is -2.37. The third-order valence-corrected chi connectivity index (χ3v) is 5.78. The number of hydrogen-bond acceptors (Lipinski definition) is 4. The van der Waals surface area contributed by atoms with Crippen molar-refractivity contribution in [1.29, 1.82) is 0 Å². The van der Waals surface area contributed by atoms with Gasteiger partial charge in [0.2, 0.25) is 0 Å². The molecule has 1 N–H and O–H groups in total. The molecule has 27 heavy (non-hydrogen) atoms. The molecule has 0 bridgehead atoms. The van der Waals surface area contributed by atoms with E-state index < -0.39 is 0 Å². The summed E-state index contributed by atoms with van der Waals surface area (Å²) in [5.74, 6) is -0.0730. The average molecular weight is 378 g/mol. The van der Waals surface area contributed by atoms with Gasteiger partial charge in [0.25, 0.3) is 5.91 Å². The molecule has 0 spiro atoms. The van der Waals surface area contributed by atoms with E-state index in [0.29, 0.717) is 5.69 Å². The van der Waals surface area contributed by atoms with Crippen molar-refractivity contribution in [2.24, 2.45) is 0 Å². The standard InChI is InChI=1S/C22H23N3OS/c1-16-7-9-18(10-8-16)22-24-20(15-27-22)21(26)23-19-11-12-25(14-19)13-17-5-3-2-4-6-17/h2-10,15,19H,11-14H2,1H3,(H,23,26). The van der Waals surface area contributed by atoms with Gasteiger partial charge in [-0.15, -0.1) is 11.3 Å². The molecule has 2 heterocycles. The molecule has 0 aliphatic carbocycles. The molecular weight excluding hydrogens is 354 g/mol. The van der Waals surface area contributed by atoms with E-state index in [9.17, 15) is 4.79 Å². The first-order chi connectivity index (χ1) is 13.2. The number of carbonyl (C=O) groups excluding carboxylic acids is 1. The van der Waals surface area contributed by atoms with Crippen LogP contribution < -0.4 is 5.32 Å². The lowest BCUT2D eigenvalue weighted by atomic mass is 10.2. The summed E-state index contributed by atoms with van der Waals surface area (Å²) in [6.45, 7) is 4.88. The number of carbonyl (C=O) groups is 1. The highest BCUT2D eigenvalue weighted by Crippen LogP contribution is 2.24. The summed E-state index contributed by atoms with van der Waals surface area (Å²) in [6.07, 6.45) is 0.980. The molecule has 1 aliphatic rings. The Bertz CT molecular complexity index is 905. The van der Waals surface area contributed by atoms with E-state index in [4.69, 9.17) is 0 Å². The Balaban J connectivity index is 1.34. The predicted octanol–water partition coefficient (Wildman–Crippen LogP) is 4.12. The van der Waals surface area contributed by atoms with Crippen LogP contribution >= 0.6 is 11.3 Å². The minimum absolute atomic E-state index is 0.0730. The SMILES string of the molecule is Cc1ccc(-c2nc(C(=O)NC3CCN(Cc4ccccc4)C3)cs2)cc1. The molecule has 2 aromatic carbocycles. The number of hydrogen-bond donors (Lipinski definition) is 1. The Labute approximate surface area is 163 Å². The normalized spacial score (nSPS) is 17.1. The molecule has 138 valence electrons. The third kappa shape index (κ3) is 4.43. The summed E-state index contributed by atoms with van der Waals surface area (Å²) < 4.78 is 0. The van der Waals surface area contributed by atoms with Crippen molar-refractivity contribution in [3.63, 3.8) is 0 Å². The van der Waals surface area contributed by atoms with Crippen molar-refractivity contribution in [3.8, 4) is 10.6 Å². The van der Waals surface area contributed by atoms with E-state index in [1.165, 1.54) is 22.5 Å². The van der Waals surface area contributed by atoms with E-state index >= 15 is 0 Å². The van der Waals surface area contributed by atoms with Crippen LogP contribution in [0.4, 0.5) is 0 Å². The number of aromatic nitrogens is 1. The number of nitrogens with zero attached hydrogens (tertiary/aromatic N) is 2. The van der Waals surface area contributed by atoms with Gasteiger partial charge < -0.3 is 5.32 Å². The maximum Gasteiger partial charge on any atom is 0.271 e. The average Bonchev–Trinajstić information content (AvgIpc) is 3.33. The molecule has 4 nitrogen and oxygen atoms in total. The summed E-state index contributed by atoms with van der Waals surface area (Å²) in [5, 5.41) is 5.88. The monoisotopic (exact) mass is 377 g/mol. The van der Waals surface area contributed by atoms with E-state index in [2.05, 4.69) is 58.5 Å². The number of likely N-dealkylation sites (tertiary alicyclic amines) is 1. The highest BCUT2D eigenvalue weighted by molar-refractivity contribution is 7.13. The first-order valence-corrected chi connectivity index (χ1v) is 10.1. The van der Waals surface area contributed by atoms with E-state index in [1.807, 2.05) is 23.6 Å². The summed E-state index contributed by atoms with van der Waals surface area (Å²) in [4.78, 5) is 19.5. The van der Waals surface area contributed by atoms with Gasteiger partial charge in [0.05, 0.1) is 0 Å². The van der Waals surface area contributed by atoms with Gasteiger partial charge in [-0.1, -0.05) is 60.2 Å². The highest BCUT2D eigenvalue weighted by Gasteiger charge is 2.25. The third-order valence-electron chi connectivity index (χ3n) is 4.89. The van der Waals surface area contributed by atoms with Crippen LogP contribution in [-0.2, 0) is 6.54 Å². The number of thiazole rings is 1. The van der Waals surface area contributed by atoms with Gasteiger partial charge in [0.15, 0.2) is 0 Å². The second kappa shape index (κ2) is 8.03. The smallest absolute Gasteiger partial charge is 0.271 e. The van der Waals surface area contributed by atoms with E-state index in [0.717, 1.165) is 36.6 Å². The molecule has 1 amide bonds. The van der Waals surface area contributed by atoms with E-state index in [1.54, 1.807) is 0 Å². The van der Waals surface area contributed by atoms with Gasteiger partial charge in [0.1, 0.15) is 10.7 Å². The van der Waals surface area contributed by atoms with Crippen molar-refractivity contribution in [2.45, 2.75) is 25.9 Å². The van der Waals surface area contributed by atoms with Crippen molar-refractivity contribution < 1.29 is 4.79 Å². The molecule has 1 aromatic heterocycles. The maximum atomic E-state index is 12.6. The van der Waals surface area contributed by atoms with Crippen LogP contribution in [-0.4, -0.2) is 34.9 Å². The molecule has 1 unspecified atom stereocenters. The highest BCUT2D eigenvalue weighted by atomic mass is 32.1.